The Morgan fingerprint density at radius 1 is 0.739 bits per heavy atom. The fourth-order valence-corrected chi connectivity index (χ4v) is 4.48. The van der Waals surface area contributed by atoms with Crippen molar-refractivity contribution in [2.45, 2.75) is 6.42 Å². The molecule has 0 unspecified atom stereocenters. The number of hydrogen-bond acceptors (Lipinski definition) is 4. The summed E-state index contributed by atoms with van der Waals surface area (Å²) in [5, 5.41) is 0. The summed E-state index contributed by atoms with van der Waals surface area (Å²) < 4.78 is 10.7. The molecule has 23 heavy (non-hydrogen) atoms. The lowest BCUT2D eigenvalue weighted by atomic mass is 9.81. The Morgan fingerprint density at radius 3 is 1.52 bits per heavy atom. The Bertz CT molecular complexity index is 465. The van der Waals surface area contributed by atoms with Gasteiger partial charge in [-0.25, -0.2) is 0 Å². The Labute approximate surface area is 136 Å². The predicted octanol–water partition coefficient (Wildman–Crippen LogP) is 0.142. The van der Waals surface area contributed by atoms with E-state index in [1.807, 2.05) is 9.80 Å². The van der Waals surface area contributed by atoms with Crippen molar-refractivity contribution in [3.05, 3.63) is 12.2 Å². The topological polar surface area (TPSA) is 59.1 Å². The zero-order valence-corrected chi connectivity index (χ0v) is 13.4. The molecule has 0 spiro atoms. The second kappa shape index (κ2) is 6.24. The molecule has 0 aromatic rings. The third kappa shape index (κ3) is 2.68. The smallest absolute Gasteiger partial charge is 0.227 e. The Balaban J connectivity index is 1.53. The van der Waals surface area contributed by atoms with Gasteiger partial charge in [0.05, 0.1) is 38.3 Å². The fraction of sp³-hybridized carbons (Fsp3) is 0.765. The van der Waals surface area contributed by atoms with E-state index in [1.54, 1.807) is 0 Å². The quantitative estimate of drug-likeness (QED) is 0.679. The second-order valence-electron chi connectivity index (χ2n) is 6.88. The molecular formula is C17H24N2O4. The van der Waals surface area contributed by atoms with Crippen LogP contribution in [0.15, 0.2) is 12.2 Å². The molecular weight excluding hydrogens is 296 g/mol. The molecule has 0 radical (unpaired) electrons. The largest absolute Gasteiger partial charge is 0.378 e. The summed E-state index contributed by atoms with van der Waals surface area (Å²) in [6, 6.07) is 0. The van der Waals surface area contributed by atoms with Crippen LogP contribution >= 0.6 is 0 Å². The van der Waals surface area contributed by atoms with Crippen LogP contribution < -0.4 is 0 Å². The van der Waals surface area contributed by atoms with Crippen LogP contribution in [-0.4, -0.2) is 74.2 Å². The van der Waals surface area contributed by atoms with Crippen molar-refractivity contribution in [2.24, 2.45) is 23.7 Å². The van der Waals surface area contributed by atoms with Gasteiger partial charge in [-0.3, -0.25) is 9.59 Å². The summed E-state index contributed by atoms with van der Waals surface area (Å²) in [7, 11) is 0. The van der Waals surface area contributed by atoms with Crippen molar-refractivity contribution in [3.63, 3.8) is 0 Å². The molecule has 2 aliphatic heterocycles. The minimum absolute atomic E-state index is 0.150. The van der Waals surface area contributed by atoms with Crippen molar-refractivity contribution >= 4 is 11.8 Å². The van der Waals surface area contributed by atoms with Gasteiger partial charge in [-0.15, -0.1) is 0 Å². The van der Waals surface area contributed by atoms with E-state index in [2.05, 4.69) is 12.2 Å². The van der Waals surface area contributed by atoms with Crippen LogP contribution in [0.2, 0.25) is 0 Å². The number of allylic oxidation sites excluding steroid dienone is 2. The standard InChI is InChI=1S/C17H24N2O4/c20-16(18-3-7-22-8-4-18)14-12-1-2-13(11-12)15(14)17(21)19-5-9-23-10-6-19/h1-2,12-15H,3-11H2/t12-,13+,14-,15-/m0/s1. The van der Waals surface area contributed by atoms with E-state index in [9.17, 15) is 9.59 Å². The predicted molar refractivity (Wildman–Crippen MR) is 82.5 cm³/mol. The summed E-state index contributed by atoms with van der Waals surface area (Å²) in [5.74, 6) is 0.390. The molecule has 2 amide bonds. The first-order chi connectivity index (χ1) is 11.3. The van der Waals surface area contributed by atoms with Gasteiger partial charge in [0, 0.05) is 26.2 Å². The van der Waals surface area contributed by atoms with E-state index in [0.29, 0.717) is 52.6 Å². The van der Waals surface area contributed by atoms with Gasteiger partial charge in [0.1, 0.15) is 0 Å². The molecule has 2 heterocycles. The average molecular weight is 320 g/mol. The highest BCUT2D eigenvalue weighted by Crippen LogP contribution is 2.49. The van der Waals surface area contributed by atoms with Gasteiger partial charge in [0.25, 0.3) is 0 Å². The highest BCUT2D eigenvalue weighted by Gasteiger charge is 2.53. The molecule has 4 rings (SSSR count). The van der Waals surface area contributed by atoms with Gasteiger partial charge in [-0.2, -0.15) is 0 Å². The van der Waals surface area contributed by atoms with Gasteiger partial charge in [-0.1, -0.05) is 12.2 Å². The fourth-order valence-electron chi connectivity index (χ4n) is 4.48. The third-order valence-electron chi connectivity index (χ3n) is 5.68. The number of hydrogen-bond donors (Lipinski definition) is 0. The molecule has 0 aromatic carbocycles. The molecule has 1 saturated carbocycles. The van der Waals surface area contributed by atoms with E-state index in [4.69, 9.17) is 9.47 Å². The number of rotatable bonds is 2. The number of carbonyl (C=O) groups is 2. The molecule has 4 atom stereocenters. The Kier molecular flexibility index (Phi) is 4.11. The lowest BCUT2D eigenvalue weighted by Gasteiger charge is -2.36. The maximum absolute atomic E-state index is 13.0. The van der Waals surface area contributed by atoms with Crippen molar-refractivity contribution in [3.8, 4) is 0 Å². The van der Waals surface area contributed by atoms with Crippen LogP contribution in [0, 0.1) is 23.7 Å². The summed E-state index contributed by atoms with van der Waals surface area (Å²) in [5.41, 5.74) is 0. The Hall–Kier alpha value is -1.40. The molecule has 3 fully saturated rings. The van der Waals surface area contributed by atoms with Crippen molar-refractivity contribution in [1.29, 1.82) is 0 Å². The van der Waals surface area contributed by atoms with Crippen LogP contribution in [0.4, 0.5) is 0 Å². The van der Waals surface area contributed by atoms with E-state index in [-0.39, 0.29) is 35.5 Å². The zero-order chi connectivity index (χ0) is 15.8. The number of carbonyl (C=O) groups excluding carboxylic acids is 2. The van der Waals surface area contributed by atoms with Crippen molar-refractivity contribution in [1.82, 2.24) is 9.80 Å². The van der Waals surface area contributed by atoms with Crippen LogP contribution in [-0.2, 0) is 19.1 Å². The summed E-state index contributed by atoms with van der Waals surface area (Å²) >= 11 is 0. The number of morpholine rings is 2. The van der Waals surface area contributed by atoms with Gasteiger partial charge in [0.2, 0.25) is 11.8 Å². The van der Waals surface area contributed by atoms with Gasteiger partial charge < -0.3 is 19.3 Å². The monoisotopic (exact) mass is 320 g/mol. The minimum Gasteiger partial charge on any atom is -0.378 e. The summed E-state index contributed by atoms with van der Waals surface area (Å²) in [6.45, 7) is 5.00. The van der Waals surface area contributed by atoms with Crippen LogP contribution in [0.1, 0.15) is 6.42 Å². The zero-order valence-electron chi connectivity index (χ0n) is 13.4. The molecule has 2 bridgehead atoms. The van der Waals surface area contributed by atoms with E-state index < -0.39 is 0 Å². The maximum Gasteiger partial charge on any atom is 0.227 e. The van der Waals surface area contributed by atoms with Gasteiger partial charge in [-0.05, 0) is 18.3 Å². The van der Waals surface area contributed by atoms with Crippen molar-refractivity contribution in [2.75, 3.05) is 52.6 Å². The molecule has 0 N–H and O–H groups in total. The second-order valence-corrected chi connectivity index (χ2v) is 6.88. The first kappa shape index (κ1) is 15.1. The van der Waals surface area contributed by atoms with Gasteiger partial charge in [0.15, 0.2) is 0 Å². The summed E-state index contributed by atoms with van der Waals surface area (Å²) in [6.07, 6.45) is 5.25. The first-order valence-electron chi connectivity index (χ1n) is 8.67. The molecule has 6 heteroatoms. The molecule has 2 saturated heterocycles. The SMILES string of the molecule is O=C([C@@H]1[C@@H](C(=O)N2CCOCC2)[C@H]2C=C[C@@H]1C2)N1CCOCC1. The highest BCUT2D eigenvalue weighted by atomic mass is 16.5. The molecule has 0 aromatic heterocycles. The minimum atomic E-state index is -0.182. The normalized spacial score (nSPS) is 36.5. The number of nitrogens with zero attached hydrogens (tertiary/aromatic N) is 2. The lowest BCUT2D eigenvalue weighted by molar-refractivity contribution is -0.151. The van der Waals surface area contributed by atoms with Crippen molar-refractivity contribution < 1.29 is 19.1 Å². The number of fused-ring (bicyclic) bond motifs is 2. The highest BCUT2D eigenvalue weighted by molar-refractivity contribution is 5.90. The lowest BCUT2D eigenvalue weighted by Crippen LogP contribution is -2.51. The molecule has 2 aliphatic carbocycles. The first-order valence-corrected chi connectivity index (χ1v) is 8.67. The maximum atomic E-state index is 13.0. The van der Waals surface area contributed by atoms with Gasteiger partial charge >= 0.3 is 0 Å². The van der Waals surface area contributed by atoms with E-state index >= 15 is 0 Å². The molecule has 126 valence electrons. The Morgan fingerprint density at radius 2 is 1.13 bits per heavy atom. The van der Waals surface area contributed by atoms with Crippen LogP contribution in [0.5, 0.6) is 0 Å². The molecule has 4 aliphatic rings. The third-order valence-corrected chi connectivity index (χ3v) is 5.68. The van der Waals surface area contributed by atoms with E-state index in [1.165, 1.54) is 0 Å². The summed E-state index contributed by atoms with van der Waals surface area (Å²) in [4.78, 5) is 29.8. The number of ether oxygens (including phenoxy) is 2. The van der Waals surface area contributed by atoms with Crippen LogP contribution in [0.3, 0.4) is 0 Å². The van der Waals surface area contributed by atoms with Crippen LogP contribution in [0.25, 0.3) is 0 Å². The number of amides is 2. The van der Waals surface area contributed by atoms with E-state index in [0.717, 1.165) is 6.42 Å². The average Bonchev–Trinajstić information content (AvgIpc) is 3.23. The molecule has 6 nitrogen and oxygen atoms in total.